The summed E-state index contributed by atoms with van der Waals surface area (Å²) in [6.07, 6.45) is 14.5. The van der Waals surface area contributed by atoms with Crippen LogP contribution in [0.5, 0.6) is 0 Å². The van der Waals surface area contributed by atoms with Crippen LogP contribution in [-0.4, -0.2) is 37.7 Å². The van der Waals surface area contributed by atoms with E-state index in [2.05, 4.69) is 0 Å². The topological polar surface area (TPSA) is 78.9 Å². The number of rotatable bonds is 6. The lowest BCUT2D eigenvalue weighted by atomic mass is 9.94. The first-order valence-electron chi connectivity index (χ1n) is 5.27. The number of carbonyl (C=O) groups is 3. The average molecular weight is 276 g/mol. The van der Waals surface area contributed by atoms with Gasteiger partial charge in [0.1, 0.15) is 19.8 Å². The van der Waals surface area contributed by atoms with E-state index < -0.39 is 23.3 Å². The molecule has 0 aromatic carbocycles. The molecule has 0 atom stereocenters. The Hall–Kier alpha value is -2.91. The first kappa shape index (κ1) is 17.1. The Morgan fingerprint density at radius 3 is 1.25 bits per heavy atom. The standard InChI is InChI=1S/C14H12O6/c1-5-11(15)18-8-14(4,9-19-12(16)6-2)10-20-13(17)7-3/h1-3H,8-10H2,4H3. The second kappa shape index (κ2) is 8.24. The van der Waals surface area contributed by atoms with Crippen LogP contribution in [0.1, 0.15) is 6.92 Å². The average Bonchev–Trinajstić information content (AvgIpc) is 2.47. The van der Waals surface area contributed by atoms with Crippen LogP contribution in [0.25, 0.3) is 0 Å². The molecule has 20 heavy (non-hydrogen) atoms. The van der Waals surface area contributed by atoms with E-state index in [1.807, 2.05) is 0 Å². The number of terminal acetylenes is 3. The van der Waals surface area contributed by atoms with Crippen LogP contribution in [-0.2, 0) is 28.6 Å². The molecule has 0 aliphatic rings. The Morgan fingerprint density at radius 2 is 1.05 bits per heavy atom. The van der Waals surface area contributed by atoms with Gasteiger partial charge in [0.25, 0.3) is 0 Å². The number of hydrogen-bond donors (Lipinski definition) is 0. The molecule has 0 fully saturated rings. The van der Waals surface area contributed by atoms with E-state index in [1.165, 1.54) is 6.92 Å². The van der Waals surface area contributed by atoms with Gasteiger partial charge in [0.05, 0.1) is 5.41 Å². The third-order valence-corrected chi connectivity index (χ3v) is 2.01. The molecule has 6 nitrogen and oxygen atoms in total. The maximum absolute atomic E-state index is 10.9. The van der Waals surface area contributed by atoms with Crippen molar-refractivity contribution in [2.45, 2.75) is 6.92 Å². The Kier molecular flexibility index (Phi) is 7.04. The van der Waals surface area contributed by atoms with E-state index in [1.54, 1.807) is 17.8 Å². The number of carbonyl (C=O) groups excluding carboxylic acids is 3. The SMILES string of the molecule is C#CC(=O)OCC(C)(COC(=O)C#C)COC(=O)C#C. The van der Waals surface area contributed by atoms with Gasteiger partial charge in [-0.05, 0) is 6.92 Å². The lowest BCUT2D eigenvalue weighted by Crippen LogP contribution is -2.36. The molecule has 0 heterocycles. The molecular weight excluding hydrogens is 264 g/mol. The minimum absolute atomic E-state index is 0.244. The van der Waals surface area contributed by atoms with Gasteiger partial charge in [-0.3, -0.25) is 0 Å². The van der Waals surface area contributed by atoms with Gasteiger partial charge in [0.2, 0.25) is 0 Å². The molecule has 0 aromatic rings. The first-order chi connectivity index (χ1) is 9.36. The third kappa shape index (κ3) is 6.74. The molecule has 0 rings (SSSR count). The molecule has 0 unspecified atom stereocenters. The highest BCUT2D eigenvalue weighted by atomic mass is 16.6. The highest BCUT2D eigenvalue weighted by Crippen LogP contribution is 2.18. The summed E-state index contributed by atoms with van der Waals surface area (Å²) in [7, 11) is 0. The minimum atomic E-state index is -1.02. The molecule has 0 radical (unpaired) electrons. The summed E-state index contributed by atoms with van der Waals surface area (Å²) >= 11 is 0. The molecule has 0 bridgehead atoms. The molecule has 0 amide bonds. The fourth-order valence-electron chi connectivity index (χ4n) is 0.969. The highest BCUT2D eigenvalue weighted by Gasteiger charge is 2.30. The quantitative estimate of drug-likeness (QED) is 0.282. The normalized spacial score (nSPS) is 9.30. The minimum Gasteiger partial charge on any atom is -0.455 e. The fourth-order valence-corrected chi connectivity index (χ4v) is 0.969. The van der Waals surface area contributed by atoms with Gasteiger partial charge < -0.3 is 14.2 Å². The van der Waals surface area contributed by atoms with E-state index in [0.29, 0.717) is 0 Å². The van der Waals surface area contributed by atoms with E-state index in [0.717, 1.165) is 0 Å². The van der Waals surface area contributed by atoms with Gasteiger partial charge in [-0.25, -0.2) is 14.4 Å². The van der Waals surface area contributed by atoms with Crippen molar-refractivity contribution in [2.75, 3.05) is 19.8 Å². The maximum atomic E-state index is 10.9. The summed E-state index contributed by atoms with van der Waals surface area (Å²) in [5.74, 6) is 2.54. The first-order valence-corrected chi connectivity index (χ1v) is 5.27. The van der Waals surface area contributed by atoms with E-state index >= 15 is 0 Å². The van der Waals surface area contributed by atoms with Crippen molar-refractivity contribution in [2.24, 2.45) is 5.41 Å². The van der Waals surface area contributed by atoms with Crippen LogP contribution in [0.4, 0.5) is 0 Å². The van der Waals surface area contributed by atoms with Crippen LogP contribution >= 0.6 is 0 Å². The van der Waals surface area contributed by atoms with E-state index in [4.69, 9.17) is 33.5 Å². The highest BCUT2D eigenvalue weighted by molar-refractivity contribution is 5.88. The number of hydrogen-bond acceptors (Lipinski definition) is 6. The molecule has 0 saturated carbocycles. The lowest BCUT2D eigenvalue weighted by molar-refractivity contribution is -0.153. The maximum Gasteiger partial charge on any atom is 0.384 e. The van der Waals surface area contributed by atoms with Crippen LogP contribution in [0.15, 0.2) is 0 Å². The Labute approximate surface area is 116 Å². The van der Waals surface area contributed by atoms with Crippen molar-refractivity contribution in [3.05, 3.63) is 0 Å². The van der Waals surface area contributed by atoms with Crippen molar-refractivity contribution in [1.82, 2.24) is 0 Å². The summed E-state index contributed by atoms with van der Waals surface area (Å²) in [5.41, 5.74) is -1.02. The Morgan fingerprint density at radius 1 is 0.800 bits per heavy atom. The van der Waals surface area contributed by atoms with Gasteiger partial charge >= 0.3 is 17.9 Å². The second-order valence-electron chi connectivity index (χ2n) is 3.97. The monoisotopic (exact) mass is 276 g/mol. The zero-order valence-corrected chi connectivity index (χ0v) is 10.8. The van der Waals surface area contributed by atoms with Crippen LogP contribution in [0.2, 0.25) is 0 Å². The Balaban J connectivity index is 4.66. The predicted octanol–water partition coefficient (Wildman–Crippen LogP) is -0.478. The largest absolute Gasteiger partial charge is 0.455 e. The van der Waals surface area contributed by atoms with Crippen molar-refractivity contribution >= 4 is 17.9 Å². The fraction of sp³-hybridized carbons (Fsp3) is 0.357. The molecule has 0 saturated heterocycles. The summed E-state index contributed by atoms with van der Waals surface area (Å²) < 4.78 is 14.2. The van der Waals surface area contributed by atoms with Gasteiger partial charge in [-0.15, -0.1) is 19.3 Å². The van der Waals surface area contributed by atoms with Crippen LogP contribution in [0.3, 0.4) is 0 Å². The van der Waals surface area contributed by atoms with Crippen molar-refractivity contribution in [3.8, 4) is 37.0 Å². The predicted molar refractivity (Wildman–Crippen MR) is 67.5 cm³/mol. The van der Waals surface area contributed by atoms with Crippen LogP contribution < -0.4 is 0 Å². The van der Waals surface area contributed by atoms with Gasteiger partial charge in [0, 0.05) is 17.8 Å². The summed E-state index contributed by atoms with van der Waals surface area (Å²) in [4.78, 5) is 32.7. The van der Waals surface area contributed by atoms with Gasteiger partial charge in [-0.2, -0.15) is 0 Å². The second-order valence-corrected chi connectivity index (χ2v) is 3.97. The lowest BCUT2D eigenvalue weighted by Gasteiger charge is -2.26. The van der Waals surface area contributed by atoms with Crippen molar-refractivity contribution in [1.29, 1.82) is 0 Å². The number of ether oxygens (including phenoxy) is 3. The zero-order chi connectivity index (χ0) is 15.6. The third-order valence-electron chi connectivity index (χ3n) is 2.01. The Bertz CT molecular complexity index is 437. The van der Waals surface area contributed by atoms with Crippen LogP contribution in [0, 0.1) is 42.4 Å². The molecule has 0 aromatic heterocycles. The molecule has 0 N–H and O–H groups in total. The molecular formula is C14H12O6. The van der Waals surface area contributed by atoms with Crippen molar-refractivity contribution < 1.29 is 28.6 Å². The van der Waals surface area contributed by atoms with Crippen molar-refractivity contribution in [3.63, 3.8) is 0 Å². The molecule has 0 aliphatic heterocycles. The summed E-state index contributed by atoms with van der Waals surface area (Å²) in [6.45, 7) is 0.799. The van der Waals surface area contributed by atoms with E-state index in [9.17, 15) is 14.4 Å². The molecule has 0 aliphatic carbocycles. The molecule has 104 valence electrons. The zero-order valence-electron chi connectivity index (χ0n) is 10.8. The van der Waals surface area contributed by atoms with Gasteiger partial charge in [0.15, 0.2) is 0 Å². The van der Waals surface area contributed by atoms with E-state index in [-0.39, 0.29) is 19.8 Å². The smallest absolute Gasteiger partial charge is 0.384 e. The number of esters is 3. The van der Waals surface area contributed by atoms with Gasteiger partial charge in [-0.1, -0.05) is 0 Å². The molecule has 6 heteroatoms. The summed E-state index contributed by atoms with van der Waals surface area (Å²) in [6, 6.07) is 0. The molecule has 0 spiro atoms. The summed E-state index contributed by atoms with van der Waals surface area (Å²) in [5, 5.41) is 0.